The van der Waals surface area contributed by atoms with Crippen molar-refractivity contribution in [3.63, 3.8) is 0 Å². The van der Waals surface area contributed by atoms with Gasteiger partial charge in [-0.2, -0.15) is 0 Å². The van der Waals surface area contributed by atoms with Gasteiger partial charge in [-0.05, 0) is 24.5 Å². The fraction of sp³-hybridized carbons (Fsp3) is 0.231. The maximum atomic E-state index is 10.9. The molecule has 0 heterocycles. The third kappa shape index (κ3) is 4.10. The van der Waals surface area contributed by atoms with Gasteiger partial charge in [-0.15, -0.1) is 0 Å². The van der Waals surface area contributed by atoms with Crippen LogP contribution in [0.4, 0.5) is 0 Å². The molecule has 0 aliphatic heterocycles. The molecular formula is C13H14O4. The number of aromatic carboxylic acids is 1. The van der Waals surface area contributed by atoms with Crippen LogP contribution in [0, 0.1) is 0 Å². The Morgan fingerprint density at radius 2 is 2.06 bits per heavy atom. The summed E-state index contributed by atoms with van der Waals surface area (Å²) in [5.74, 6) is -1.40. The van der Waals surface area contributed by atoms with Crippen LogP contribution >= 0.6 is 0 Å². The van der Waals surface area contributed by atoms with Gasteiger partial charge in [-0.3, -0.25) is 0 Å². The van der Waals surface area contributed by atoms with Crippen LogP contribution in [0.5, 0.6) is 0 Å². The zero-order valence-corrected chi connectivity index (χ0v) is 9.39. The van der Waals surface area contributed by atoms with Gasteiger partial charge < -0.3 is 9.84 Å². The minimum absolute atomic E-state index is 0.263. The van der Waals surface area contributed by atoms with E-state index in [0.717, 1.165) is 11.6 Å². The van der Waals surface area contributed by atoms with Gasteiger partial charge in [-0.25, -0.2) is 9.59 Å². The van der Waals surface area contributed by atoms with Crippen molar-refractivity contribution in [1.29, 1.82) is 0 Å². The molecule has 0 saturated heterocycles. The molecule has 0 radical (unpaired) electrons. The van der Waals surface area contributed by atoms with Crippen LogP contribution in [0.25, 0.3) is 0 Å². The Hall–Kier alpha value is -2.10. The summed E-state index contributed by atoms with van der Waals surface area (Å²) in [7, 11) is 0. The molecule has 0 amide bonds. The summed E-state index contributed by atoms with van der Waals surface area (Å²) in [5, 5.41) is 8.95. The largest absolute Gasteiger partial charge is 0.478 e. The van der Waals surface area contributed by atoms with Gasteiger partial charge in [-0.1, -0.05) is 24.8 Å². The number of hydrogen-bond acceptors (Lipinski definition) is 3. The average molecular weight is 234 g/mol. The summed E-state index contributed by atoms with van der Waals surface area (Å²) in [6.45, 7) is 3.55. The van der Waals surface area contributed by atoms with Crippen molar-refractivity contribution in [3.05, 3.63) is 48.0 Å². The molecule has 0 spiro atoms. The van der Waals surface area contributed by atoms with Crippen LogP contribution < -0.4 is 0 Å². The smallest absolute Gasteiger partial charge is 0.335 e. The molecule has 4 heteroatoms. The lowest BCUT2D eigenvalue weighted by atomic mass is 10.0. The molecule has 1 aromatic carbocycles. The zero-order valence-electron chi connectivity index (χ0n) is 9.39. The molecule has 0 aliphatic rings. The molecule has 0 aromatic heterocycles. The molecule has 90 valence electrons. The van der Waals surface area contributed by atoms with E-state index in [9.17, 15) is 9.59 Å². The summed E-state index contributed by atoms with van der Waals surface area (Å²) < 4.78 is 4.81. The van der Waals surface area contributed by atoms with E-state index in [-0.39, 0.29) is 6.61 Å². The summed E-state index contributed by atoms with van der Waals surface area (Å²) >= 11 is 0. The van der Waals surface area contributed by atoms with Crippen molar-refractivity contribution in [3.8, 4) is 0 Å². The minimum Gasteiger partial charge on any atom is -0.478 e. The second-order valence-electron chi connectivity index (χ2n) is 3.44. The van der Waals surface area contributed by atoms with Gasteiger partial charge in [0.15, 0.2) is 0 Å². The van der Waals surface area contributed by atoms with Crippen molar-refractivity contribution in [1.82, 2.24) is 0 Å². The minimum atomic E-state index is -0.941. The van der Waals surface area contributed by atoms with Gasteiger partial charge in [0, 0.05) is 6.08 Å². The number of carboxylic acids is 1. The van der Waals surface area contributed by atoms with E-state index in [1.807, 2.05) is 0 Å². The third-order valence-electron chi connectivity index (χ3n) is 2.25. The topological polar surface area (TPSA) is 63.6 Å². The first-order chi connectivity index (χ1) is 8.15. The number of rotatable bonds is 6. The highest BCUT2D eigenvalue weighted by Crippen LogP contribution is 2.11. The Balaban J connectivity index is 2.49. The van der Waals surface area contributed by atoms with Gasteiger partial charge in [0.25, 0.3) is 0 Å². The van der Waals surface area contributed by atoms with E-state index >= 15 is 0 Å². The lowest BCUT2D eigenvalue weighted by Crippen LogP contribution is -2.06. The van der Waals surface area contributed by atoms with Crippen LogP contribution in [-0.4, -0.2) is 23.7 Å². The number of esters is 1. The fourth-order valence-electron chi connectivity index (χ4n) is 1.44. The standard InChI is InChI=1S/C13H14O4/c1-2-12(14)17-9-5-7-10-6-3-4-8-11(10)13(15)16/h2-4,6,8H,1,5,7,9H2,(H,15,16). The number of ether oxygens (including phenoxy) is 1. The fourth-order valence-corrected chi connectivity index (χ4v) is 1.44. The first-order valence-corrected chi connectivity index (χ1v) is 5.25. The van der Waals surface area contributed by atoms with Crippen LogP contribution in [0.15, 0.2) is 36.9 Å². The van der Waals surface area contributed by atoms with Gasteiger partial charge >= 0.3 is 11.9 Å². The monoisotopic (exact) mass is 234 g/mol. The first kappa shape index (κ1) is 13.0. The van der Waals surface area contributed by atoms with Gasteiger partial charge in [0.1, 0.15) is 0 Å². The first-order valence-electron chi connectivity index (χ1n) is 5.25. The third-order valence-corrected chi connectivity index (χ3v) is 2.25. The molecule has 1 N–H and O–H groups in total. The van der Waals surface area contributed by atoms with E-state index in [0.29, 0.717) is 18.4 Å². The molecule has 0 unspecified atom stereocenters. The maximum absolute atomic E-state index is 10.9. The van der Waals surface area contributed by atoms with E-state index in [1.54, 1.807) is 24.3 Å². The van der Waals surface area contributed by atoms with Crippen molar-refractivity contribution in [2.24, 2.45) is 0 Å². The summed E-state index contributed by atoms with van der Waals surface area (Å²) in [4.78, 5) is 21.7. The lowest BCUT2D eigenvalue weighted by Gasteiger charge is -2.05. The predicted octanol–water partition coefficient (Wildman–Crippen LogP) is 2.05. The highest BCUT2D eigenvalue weighted by Gasteiger charge is 2.08. The highest BCUT2D eigenvalue weighted by molar-refractivity contribution is 5.89. The van der Waals surface area contributed by atoms with E-state index in [2.05, 4.69) is 6.58 Å². The Kier molecular flexibility index (Phi) is 4.94. The average Bonchev–Trinajstić information content (AvgIpc) is 2.34. The van der Waals surface area contributed by atoms with Crippen molar-refractivity contribution < 1.29 is 19.4 Å². The predicted molar refractivity (Wildman–Crippen MR) is 62.9 cm³/mol. The zero-order chi connectivity index (χ0) is 12.7. The second-order valence-corrected chi connectivity index (χ2v) is 3.44. The SMILES string of the molecule is C=CC(=O)OCCCc1ccccc1C(=O)O. The summed E-state index contributed by atoms with van der Waals surface area (Å²) in [5.41, 5.74) is 1.04. The van der Waals surface area contributed by atoms with E-state index in [4.69, 9.17) is 9.84 Å². The highest BCUT2D eigenvalue weighted by atomic mass is 16.5. The maximum Gasteiger partial charge on any atom is 0.335 e. The molecular weight excluding hydrogens is 220 g/mol. The molecule has 4 nitrogen and oxygen atoms in total. The molecule has 1 aromatic rings. The number of carbonyl (C=O) groups excluding carboxylic acids is 1. The molecule has 0 bridgehead atoms. The summed E-state index contributed by atoms with van der Waals surface area (Å²) in [6, 6.07) is 6.80. The normalized spacial score (nSPS) is 9.65. The molecule has 1 rings (SSSR count). The Labute approximate surface area is 99.5 Å². The Morgan fingerprint density at radius 1 is 1.35 bits per heavy atom. The van der Waals surface area contributed by atoms with Crippen molar-refractivity contribution >= 4 is 11.9 Å². The number of carboxylic acid groups (broad SMARTS) is 1. The Bertz CT molecular complexity index is 423. The Morgan fingerprint density at radius 3 is 2.71 bits per heavy atom. The molecule has 0 atom stereocenters. The second kappa shape index (κ2) is 6.48. The molecule has 0 fully saturated rings. The number of benzene rings is 1. The molecule has 0 aliphatic carbocycles. The van der Waals surface area contributed by atoms with Crippen LogP contribution in [0.3, 0.4) is 0 Å². The van der Waals surface area contributed by atoms with Gasteiger partial charge in [0.05, 0.1) is 12.2 Å². The lowest BCUT2D eigenvalue weighted by molar-refractivity contribution is -0.137. The summed E-state index contributed by atoms with van der Waals surface area (Å²) in [6.07, 6.45) is 2.25. The van der Waals surface area contributed by atoms with Crippen LogP contribution in [0.1, 0.15) is 22.3 Å². The van der Waals surface area contributed by atoms with Gasteiger partial charge in [0.2, 0.25) is 0 Å². The molecule has 0 saturated carbocycles. The number of aryl methyl sites for hydroxylation is 1. The molecule has 17 heavy (non-hydrogen) atoms. The van der Waals surface area contributed by atoms with Crippen molar-refractivity contribution in [2.45, 2.75) is 12.8 Å². The van der Waals surface area contributed by atoms with E-state index < -0.39 is 11.9 Å². The van der Waals surface area contributed by atoms with Crippen molar-refractivity contribution in [2.75, 3.05) is 6.61 Å². The number of hydrogen-bond donors (Lipinski definition) is 1. The quantitative estimate of drug-likeness (QED) is 0.465. The number of carbonyl (C=O) groups is 2. The van der Waals surface area contributed by atoms with E-state index in [1.165, 1.54) is 0 Å². The van der Waals surface area contributed by atoms with Crippen LogP contribution in [0.2, 0.25) is 0 Å². The van der Waals surface area contributed by atoms with Crippen LogP contribution in [-0.2, 0) is 16.0 Å².